The van der Waals surface area contributed by atoms with E-state index in [9.17, 15) is 9.59 Å². The molecule has 0 aliphatic carbocycles. The van der Waals surface area contributed by atoms with Crippen LogP contribution in [0.3, 0.4) is 0 Å². The van der Waals surface area contributed by atoms with E-state index < -0.39 is 5.54 Å². The van der Waals surface area contributed by atoms with E-state index in [0.717, 1.165) is 11.8 Å². The highest BCUT2D eigenvalue weighted by Crippen LogP contribution is 2.32. The summed E-state index contributed by atoms with van der Waals surface area (Å²) >= 11 is 0. The van der Waals surface area contributed by atoms with Crippen molar-refractivity contribution in [1.82, 2.24) is 10.2 Å². The number of nitrogens with one attached hydrogen (secondary N) is 1. The van der Waals surface area contributed by atoms with Gasteiger partial charge in [-0.1, -0.05) is 18.2 Å². The van der Waals surface area contributed by atoms with Crippen LogP contribution in [0.15, 0.2) is 34.7 Å². The van der Waals surface area contributed by atoms with Crippen LogP contribution >= 0.6 is 0 Å². The van der Waals surface area contributed by atoms with Crippen molar-refractivity contribution in [2.75, 3.05) is 27.3 Å². The van der Waals surface area contributed by atoms with Crippen LogP contribution in [-0.2, 0) is 9.53 Å². The number of carbonyl (C=O) groups excluding carboxylic acids is 2. The van der Waals surface area contributed by atoms with Gasteiger partial charge in [-0.3, -0.25) is 9.59 Å². The second-order valence-corrected chi connectivity index (χ2v) is 5.75. The van der Waals surface area contributed by atoms with Crippen LogP contribution in [-0.4, -0.2) is 49.6 Å². The summed E-state index contributed by atoms with van der Waals surface area (Å²) < 4.78 is 10.9. The summed E-state index contributed by atoms with van der Waals surface area (Å²) in [4.78, 5) is 26.9. The van der Waals surface area contributed by atoms with Crippen molar-refractivity contribution < 1.29 is 18.7 Å². The van der Waals surface area contributed by atoms with Crippen molar-refractivity contribution in [2.24, 2.45) is 0 Å². The van der Waals surface area contributed by atoms with E-state index >= 15 is 0 Å². The third-order valence-corrected chi connectivity index (χ3v) is 4.40. The molecule has 1 unspecified atom stereocenters. The Bertz CT molecular complexity index is 706. The highest BCUT2D eigenvalue weighted by molar-refractivity contribution is 6.00. The minimum atomic E-state index is -0.973. The summed E-state index contributed by atoms with van der Waals surface area (Å²) in [6.07, 6.45) is 1.33. The van der Waals surface area contributed by atoms with E-state index in [0.29, 0.717) is 18.5 Å². The summed E-state index contributed by atoms with van der Waals surface area (Å²) in [6.45, 7) is 0.672. The third-order valence-electron chi connectivity index (χ3n) is 4.40. The average molecular weight is 316 g/mol. The number of likely N-dealkylation sites (tertiary alicyclic amines) is 1. The largest absolute Gasteiger partial charge is 0.451 e. The number of likely N-dealkylation sites (N-methyl/N-ethyl adjacent to an activating group) is 1. The topological polar surface area (TPSA) is 71.8 Å². The summed E-state index contributed by atoms with van der Waals surface area (Å²) in [7, 11) is 3.11. The lowest BCUT2D eigenvalue weighted by molar-refractivity contribution is -0.133. The molecule has 1 aliphatic rings. The molecule has 2 aromatic rings. The molecule has 6 nitrogen and oxygen atoms in total. The zero-order valence-electron chi connectivity index (χ0n) is 13.3. The molecule has 1 saturated heterocycles. The number of methoxy groups -OCH3 is 1. The van der Waals surface area contributed by atoms with Crippen LogP contribution < -0.4 is 5.32 Å². The highest BCUT2D eigenvalue weighted by Gasteiger charge is 2.50. The maximum absolute atomic E-state index is 12.9. The number of ether oxygens (including phenoxy) is 1. The minimum Gasteiger partial charge on any atom is -0.451 e. The second-order valence-electron chi connectivity index (χ2n) is 5.75. The van der Waals surface area contributed by atoms with Gasteiger partial charge in [0, 0.05) is 26.1 Å². The number of nitrogens with zero attached hydrogens (tertiary/aromatic N) is 1. The van der Waals surface area contributed by atoms with Crippen molar-refractivity contribution in [2.45, 2.75) is 18.4 Å². The van der Waals surface area contributed by atoms with Gasteiger partial charge < -0.3 is 19.4 Å². The van der Waals surface area contributed by atoms with E-state index in [1.807, 2.05) is 24.3 Å². The fraction of sp³-hybridized carbons (Fsp3) is 0.412. The van der Waals surface area contributed by atoms with E-state index in [4.69, 9.17) is 9.15 Å². The molecule has 0 bridgehead atoms. The fourth-order valence-electron chi connectivity index (χ4n) is 3.32. The normalized spacial score (nSPS) is 20.9. The molecule has 1 atom stereocenters. The number of rotatable bonds is 4. The van der Waals surface area contributed by atoms with Gasteiger partial charge in [-0.15, -0.1) is 0 Å². The van der Waals surface area contributed by atoms with E-state index in [-0.39, 0.29) is 24.2 Å². The van der Waals surface area contributed by atoms with Gasteiger partial charge in [-0.05, 0) is 25.0 Å². The summed E-state index contributed by atoms with van der Waals surface area (Å²) in [5.41, 5.74) is -0.313. The first kappa shape index (κ1) is 15.6. The molecule has 1 aromatic heterocycles. The molecule has 1 aromatic carbocycles. The maximum Gasteiger partial charge on any atom is 0.290 e. The van der Waals surface area contributed by atoms with Crippen molar-refractivity contribution in [3.05, 3.63) is 36.1 Å². The lowest BCUT2D eigenvalue weighted by Gasteiger charge is -2.35. The molecule has 0 radical (unpaired) electrons. The predicted molar refractivity (Wildman–Crippen MR) is 85.2 cm³/mol. The monoisotopic (exact) mass is 316 g/mol. The van der Waals surface area contributed by atoms with Crippen molar-refractivity contribution in [3.8, 4) is 0 Å². The molecule has 1 fully saturated rings. The van der Waals surface area contributed by atoms with Gasteiger partial charge in [0.05, 0.1) is 6.61 Å². The standard InChI is InChI=1S/C17H20N2O4/c1-18-16(21)17(11-22-2)8-5-9-19(17)15(20)14-10-12-6-3-4-7-13(12)23-14/h3-4,6-7,10H,5,8-9,11H2,1-2H3,(H,18,21). The first-order valence-electron chi connectivity index (χ1n) is 7.64. The first-order chi connectivity index (χ1) is 11.1. The van der Waals surface area contributed by atoms with Crippen LogP contribution in [0.5, 0.6) is 0 Å². The number of para-hydroxylation sites is 1. The van der Waals surface area contributed by atoms with Crippen LogP contribution in [0, 0.1) is 0 Å². The quantitative estimate of drug-likeness (QED) is 0.933. The second kappa shape index (κ2) is 6.04. The van der Waals surface area contributed by atoms with Gasteiger partial charge in [-0.25, -0.2) is 0 Å². The van der Waals surface area contributed by atoms with Crippen LogP contribution in [0.2, 0.25) is 0 Å². The van der Waals surface area contributed by atoms with Gasteiger partial charge in [-0.2, -0.15) is 0 Å². The zero-order chi connectivity index (χ0) is 16.4. The smallest absolute Gasteiger partial charge is 0.290 e. The Morgan fingerprint density at radius 1 is 1.39 bits per heavy atom. The summed E-state index contributed by atoms with van der Waals surface area (Å²) in [5, 5.41) is 3.52. The van der Waals surface area contributed by atoms with Crippen LogP contribution in [0.4, 0.5) is 0 Å². The van der Waals surface area contributed by atoms with Crippen molar-refractivity contribution in [1.29, 1.82) is 0 Å². The Labute approximate surface area is 134 Å². The molecule has 0 spiro atoms. The van der Waals surface area contributed by atoms with E-state index in [2.05, 4.69) is 5.32 Å². The van der Waals surface area contributed by atoms with Gasteiger partial charge >= 0.3 is 0 Å². The average Bonchev–Trinajstić information content (AvgIpc) is 3.18. The molecule has 3 rings (SSSR count). The lowest BCUT2D eigenvalue weighted by atomic mass is 9.95. The SMILES string of the molecule is CNC(=O)C1(COC)CCCN1C(=O)c1cc2ccccc2o1. The number of hydrogen-bond acceptors (Lipinski definition) is 4. The number of benzene rings is 1. The highest BCUT2D eigenvalue weighted by atomic mass is 16.5. The molecule has 1 N–H and O–H groups in total. The Morgan fingerprint density at radius 2 is 2.17 bits per heavy atom. The Kier molecular flexibility index (Phi) is 4.09. The molecular formula is C17H20N2O4. The fourth-order valence-corrected chi connectivity index (χ4v) is 3.32. The van der Waals surface area contributed by atoms with Crippen LogP contribution in [0.25, 0.3) is 11.0 Å². The van der Waals surface area contributed by atoms with E-state index in [1.165, 1.54) is 7.11 Å². The number of amides is 2. The molecule has 1 aliphatic heterocycles. The molecule has 2 heterocycles. The first-order valence-corrected chi connectivity index (χ1v) is 7.64. The number of fused-ring (bicyclic) bond motifs is 1. The van der Waals surface area contributed by atoms with Gasteiger partial charge in [0.2, 0.25) is 5.91 Å². The number of hydrogen-bond donors (Lipinski definition) is 1. The molecule has 23 heavy (non-hydrogen) atoms. The molecule has 122 valence electrons. The van der Waals surface area contributed by atoms with Crippen LogP contribution in [0.1, 0.15) is 23.4 Å². The molecule has 6 heteroatoms. The maximum atomic E-state index is 12.9. The minimum absolute atomic E-state index is 0.165. The number of carbonyl (C=O) groups is 2. The van der Waals surface area contributed by atoms with Gasteiger partial charge in [0.25, 0.3) is 5.91 Å². The zero-order valence-corrected chi connectivity index (χ0v) is 13.3. The Morgan fingerprint density at radius 3 is 2.87 bits per heavy atom. The Hall–Kier alpha value is -2.34. The molecule has 2 amide bonds. The summed E-state index contributed by atoms with van der Waals surface area (Å²) in [6, 6.07) is 9.17. The van der Waals surface area contributed by atoms with E-state index in [1.54, 1.807) is 18.0 Å². The Balaban J connectivity index is 1.97. The summed E-state index contributed by atoms with van der Waals surface area (Å²) in [5.74, 6) is -0.238. The molecular weight excluding hydrogens is 296 g/mol. The molecule has 0 saturated carbocycles. The van der Waals surface area contributed by atoms with Gasteiger partial charge in [0.1, 0.15) is 11.1 Å². The number of furan rings is 1. The predicted octanol–water partition coefficient (Wildman–Crippen LogP) is 1.80. The van der Waals surface area contributed by atoms with Crippen molar-refractivity contribution >= 4 is 22.8 Å². The van der Waals surface area contributed by atoms with Crippen molar-refractivity contribution in [3.63, 3.8) is 0 Å². The van der Waals surface area contributed by atoms with Gasteiger partial charge in [0.15, 0.2) is 5.76 Å². The lowest BCUT2D eigenvalue weighted by Crippen LogP contribution is -2.59. The third kappa shape index (κ3) is 2.49.